The fourth-order valence-corrected chi connectivity index (χ4v) is 3.71. The molecular weight excluding hydrogens is 313 g/mol. The van der Waals surface area contributed by atoms with E-state index in [4.69, 9.17) is 0 Å². The highest BCUT2D eigenvalue weighted by Gasteiger charge is 2.27. The van der Waals surface area contributed by atoms with Crippen LogP contribution in [0.25, 0.3) is 0 Å². The molecule has 100 valence electrons. The zero-order valence-electron chi connectivity index (χ0n) is 10.8. The molecule has 0 bridgehead atoms. The summed E-state index contributed by atoms with van der Waals surface area (Å²) in [5.74, 6) is 0. The number of piperidine rings is 1. The van der Waals surface area contributed by atoms with Gasteiger partial charge in [-0.1, -0.05) is 0 Å². The maximum atomic E-state index is 9.64. The number of likely N-dealkylation sites (tertiary alicyclic amines) is 1. The largest absolute Gasteiger partial charge is 0.437 e. The standard InChI is InChI=1S/C11H19BBrN3OS/c1-12(17)15(2)9-4-3-5-16(7-9)8-11-14-6-10(13)18-11/h6,9,17H,3-5,7-8H2,1-2H3. The lowest BCUT2D eigenvalue weighted by atomic mass is 9.82. The zero-order chi connectivity index (χ0) is 13.1. The SMILES string of the molecule is CB(O)N(C)C1CCCN(Cc2ncc(Br)s2)C1. The summed E-state index contributed by atoms with van der Waals surface area (Å²) >= 11 is 5.15. The maximum Gasteiger partial charge on any atom is 0.376 e. The van der Waals surface area contributed by atoms with Gasteiger partial charge in [0.15, 0.2) is 0 Å². The number of hydrogen-bond acceptors (Lipinski definition) is 5. The van der Waals surface area contributed by atoms with Gasteiger partial charge in [-0.2, -0.15) is 0 Å². The van der Waals surface area contributed by atoms with Gasteiger partial charge in [0.25, 0.3) is 0 Å². The molecule has 2 heterocycles. The van der Waals surface area contributed by atoms with E-state index in [9.17, 15) is 5.02 Å². The first kappa shape index (κ1) is 14.5. The molecule has 0 aliphatic carbocycles. The Balaban J connectivity index is 1.90. The first-order valence-electron chi connectivity index (χ1n) is 6.29. The van der Waals surface area contributed by atoms with Gasteiger partial charge in [-0.3, -0.25) is 4.90 Å². The third-order valence-corrected chi connectivity index (χ3v) is 4.99. The van der Waals surface area contributed by atoms with E-state index in [1.165, 1.54) is 12.8 Å². The quantitative estimate of drug-likeness (QED) is 0.855. The molecule has 1 N–H and O–H groups in total. The van der Waals surface area contributed by atoms with Crippen molar-refractivity contribution in [3.8, 4) is 0 Å². The van der Waals surface area contributed by atoms with E-state index in [1.807, 2.05) is 20.1 Å². The second kappa shape index (κ2) is 6.48. The molecule has 1 saturated heterocycles. The number of thiazole rings is 1. The van der Waals surface area contributed by atoms with Gasteiger partial charge in [0.05, 0.1) is 16.5 Å². The van der Waals surface area contributed by atoms with Gasteiger partial charge in [0.1, 0.15) is 5.01 Å². The molecule has 1 aliphatic rings. The Morgan fingerprint density at radius 2 is 2.50 bits per heavy atom. The monoisotopic (exact) mass is 331 g/mol. The van der Waals surface area contributed by atoms with Gasteiger partial charge < -0.3 is 9.83 Å². The average molecular weight is 332 g/mol. The molecule has 0 aromatic carbocycles. The Kier molecular flexibility index (Phi) is 5.20. The summed E-state index contributed by atoms with van der Waals surface area (Å²) in [5, 5.41) is 10.8. The maximum absolute atomic E-state index is 9.64. The highest BCUT2D eigenvalue weighted by atomic mass is 79.9. The Labute approximate surface area is 121 Å². The third-order valence-electron chi connectivity index (χ3n) is 3.53. The summed E-state index contributed by atoms with van der Waals surface area (Å²) in [5.41, 5.74) is 0. The van der Waals surface area contributed by atoms with Gasteiger partial charge in [0, 0.05) is 12.6 Å². The van der Waals surface area contributed by atoms with Crippen molar-refractivity contribution >= 4 is 34.3 Å². The van der Waals surface area contributed by atoms with E-state index in [-0.39, 0.29) is 7.05 Å². The lowest BCUT2D eigenvalue weighted by Gasteiger charge is -2.37. The molecule has 1 unspecified atom stereocenters. The van der Waals surface area contributed by atoms with Crippen LogP contribution in [0.15, 0.2) is 9.98 Å². The minimum Gasteiger partial charge on any atom is -0.437 e. The number of aromatic nitrogens is 1. The van der Waals surface area contributed by atoms with Gasteiger partial charge in [-0.05, 0) is 49.2 Å². The van der Waals surface area contributed by atoms with Gasteiger partial charge in [-0.25, -0.2) is 4.98 Å². The van der Waals surface area contributed by atoms with Crippen LogP contribution >= 0.6 is 27.3 Å². The van der Waals surface area contributed by atoms with Crippen molar-refractivity contribution in [3.63, 3.8) is 0 Å². The van der Waals surface area contributed by atoms with E-state index < -0.39 is 0 Å². The van der Waals surface area contributed by atoms with Gasteiger partial charge >= 0.3 is 7.05 Å². The van der Waals surface area contributed by atoms with Crippen molar-refractivity contribution in [3.05, 3.63) is 15.0 Å². The van der Waals surface area contributed by atoms with Crippen LogP contribution in [0.1, 0.15) is 17.8 Å². The Morgan fingerprint density at radius 1 is 1.72 bits per heavy atom. The van der Waals surface area contributed by atoms with Crippen LogP contribution in [0, 0.1) is 0 Å². The van der Waals surface area contributed by atoms with E-state index in [0.29, 0.717) is 6.04 Å². The molecule has 0 amide bonds. The van der Waals surface area contributed by atoms with Crippen LogP contribution in [-0.4, -0.2) is 52.9 Å². The first-order chi connectivity index (χ1) is 8.56. The molecule has 7 heteroatoms. The fourth-order valence-electron chi connectivity index (χ4n) is 2.36. The number of likely N-dealkylation sites (N-methyl/N-ethyl adjacent to an activating group) is 1. The zero-order valence-corrected chi connectivity index (χ0v) is 13.2. The van der Waals surface area contributed by atoms with Crippen molar-refractivity contribution < 1.29 is 5.02 Å². The van der Waals surface area contributed by atoms with Crippen LogP contribution in [0.2, 0.25) is 6.82 Å². The van der Waals surface area contributed by atoms with Crippen molar-refractivity contribution in [2.24, 2.45) is 0 Å². The number of hydrogen-bond donors (Lipinski definition) is 1. The van der Waals surface area contributed by atoms with Crippen molar-refractivity contribution in [1.82, 2.24) is 14.7 Å². The summed E-state index contributed by atoms with van der Waals surface area (Å²) in [6.07, 6.45) is 4.22. The van der Waals surface area contributed by atoms with E-state index in [2.05, 4.69) is 30.6 Å². The van der Waals surface area contributed by atoms with Crippen LogP contribution in [0.3, 0.4) is 0 Å². The third kappa shape index (κ3) is 3.77. The summed E-state index contributed by atoms with van der Waals surface area (Å²) in [6, 6.07) is 0.446. The summed E-state index contributed by atoms with van der Waals surface area (Å²) in [7, 11) is 1.63. The molecule has 0 radical (unpaired) electrons. The van der Waals surface area contributed by atoms with Gasteiger partial charge in [-0.15, -0.1) is 11.3 Å². The highest BCUT2D eigenvalue weighted by molar-refractivity contribution is 9.11. The molecule has 1 fully saturated rings. The molecule has 1 aliphatic heterocycles. The van der Waals surface area contributed by atoms with Gasteiger partial charge in [0.2, 0.25) is 0 Å². The lowest BCUT2D eigenvalue weighted by molar-refractivity contribution is 0.144. The normalized spacial score (nSPS) is 21.5. The highest BCUT2D eigenvalue weighted by Crippen LogP contribution is 2.22. The molecule has 1 aromatic heterocycles. The number of nitrogens with zero attached hydrogens (tertiary/aromatic N) is 3. The lowest BCUT2D eigenvalue weighted by Crippen LogP contribution is -2.50. The van der Waals surface area contributed by atoms with E-state index in [0.717, 1.165) is 28.4 Å². The molecule has 18 heavy (non-hydrogen) atoms. The predicted octanol–water partition coefficient (Wildman–Crippen LogP) is 1.91. The fraction of sp³-hybridized carbons (Fsp3) is 0.727. The smallest absolute Gasteiger partial charge is 0.376 e. The Bertz CT molecular complexity index is 390. The Morgan fingerprint density at radius 3 is 3.11 bits per heavy atom. The minimum absolute atomic E-state index is 0.371. The van der Waals surface area contributed by atoms with Crippen LogP contribution in [0.4, 0.5) is 0 Å². The van der Waals surface area contributed by atoms with E-state index in [1.54, 1.807) is 11.3 Å². The molecule has 4 nitrogen and oxygen atoms in total. The minimum atomic E-state index is -0.371. The van der Waals surface area contributed by atoms with Crippen LogP contribution in [0.5, 0.6) is 0 Å². The second-order valence-corrected chi connectivity index (χ2v) is 7.38. The second-order valence-electron chi connectivity index (χ2n) is 4.89. The molecule has 0 saturated carbocycles. The summed E-state index contributed by atoms with van der Waals surface area (Å²) in [6.45, 7) is 4.89. The number of halogens is 1. The predicted molar refractivity (Wildman–Crippen MR) is 79.7 cm³/mol. The van der Waals surface area contributed by atoms with Crippen molar-refractivity contribution in [2.75, 3.05) is 20.1 Å². The van der Waals surface area contributed by atoms with Crippen LogP contribution in [-0.2, 0) is 6.54 Å². The molecule has 1 atom stereocenters. The number of rotatable bonds is 4. The molecule has 2 rings (SSSR count). The van der Waals surface area contributed by atoms with Crippen LogP contribution < -0.4 is 0 Å². The summed E-state index contributed by atoms with van der Waals surface area (Å²) < 4.78 is 1.09. The van der Waals surface area contributed by atoms with E-state index >= 15 is 0 Å². The van der Waals surface area contributed by atoms with Crippen molar-refractivity contribution in [2.45, 2.75) is 32.3 Å². The average Bonchev–Trinajstić information content (AvgIpc) is 2.74. The Hall–Kier alpha value is 0.0549. The molecule has 0 spiro atoms. The summed E-state index contributed by atoms with van der Waals surface area (Å²) in [4.78, 5) is 8.87. The molecule has 1 aromatic rings. The molecular formula is C11H19BBrN3OS. The first-order valence-corrected chi connectivity index (χ1v) is 7.90. The van der Waals surface area contributed by atoms with Crippen molar-refractivity contribution in [1.29, 1.82) is 0 Å². The topological polar surface area (TPSA) is 39.6 Å².